The lowest BCUT2D eigenvalue weighted by Crippen LogP contribution is -2.22. The number of amides is 2. The van der Waals surface area contributed by atoms with Crippen LogP contribution in [0.2, 0.25) is 0 Å². The van der Waals surface area contributed by atoms with Crippen molar-refractivity contribution in [1.82, 2.24) is 24.6 Å². The molecule has 0 aliphatic heterocycles. The molecule has 5 aromatic rings. The highest BCUT2D eigenvalue weighted by Gasteiger charge is 2.31. The Morgan fingerprint density at radius 2 is 1.76 bits per heavy atom. The molecule has 2 amide bonds. The van der Waals surface area contributed by atoms with E-state index in [1.54, 1.807) is 6.20 Å². The summed E-state index contributed by atoms with van der Waals surface area (Å²) in [6, 6.07) is 18.7. The van der Waals surface area contributed by atoms with Crippen molar-refractivity contribution in [3.8, 4) is 28.5 Å². The van der Waals surface area contributed by atoms with Crippen LogP contribution in [0.3, 0.4) is 0 Å². The van der Waals surface area contributed by atoms with Gasteiger partial charge in [-0.05, 0) is 79.3 Å². The normalized spacial score (nSPS) is 12.6. The first-order valence-electron chi connectivity index (χ1n) is 14.1. The Labute approximate surface area is 262 Å². The van der Waals surface area contributed by atoms with Crippen molar-refractivity contribution in [2.45, 2.75) is 46.9 Å². The van der Waals surface area contributed by atoms with E-state index in [0.29, 0.717) is 22.2 Å². The molecule has 12 heteroatoms. The Morgan fingerprint density at radius 3 is 2.42 bits per heavy atom. The largest absolute Gasteiger partial charge is 0.573 e. The number of nitrogens with one attached hydrogen (secondary N) is 1. The van der Waals surface area contributed by atoms with E-state index >= 15 is 0 Å². The summed E-state index contributed by atoms with van der Waals surface area (Å²) >= 11 is 1.41. The molecule has 0 atom stereocenters. The summed E-state index contributed by atoms with van der Waals surface area (Å²) in [6.45, 7) is 10.2. The second-order valence-corrected chi connectivity index (χ2v) is 11.6. The lowest BCUT2D eigenvalue weighted by Gasteiger charge is -2.16. The Hall–Kier alpha value is -4.97. The third-order valence-electron chi connectivity index (χ3n) is 6.96. The van der Waals surface area contributed by atoms with E-state index in [9.17, 15) is 18.0 Å². The first kappa shape index (κ1) is 31.5. The number of benzene rings is 3. The Kier molecular flexibility index (Phi) is 9.05. The number of aromatic nitrogens is 4. The smallest absolute Gasteiger partial charge is 0.406 e. The van der Waals surface area contributed by atoms with Crippen molar-refractivity contribution in [3.63, 3.8) is 0 Å². The van der Waals surface area contributed by atoms with Gasteiger partial charge in [-0.3, -0.25) is 4.57 Å². The molecule has 0 unspecified atom stereocenters. The van der Waals surface area contributed by atoms with Crippen molar-refractivity contribution < 1.29 is 22.7 Å². The fraction of sp³-hybridized carbons (Fsp3) is 0.212. The van der Waals surface area contributed by atoms with Gasteiger partial charge in [0.25, 0.3) is 0 Å². The fourth-order valence-electron chi connectivity index (χ4n) is 4.67. The van der Waals surface area contributed by atoms with Crippen molar-refractivity contribution in [2.75, 3.05) is 0 Å². The maximum Gasteiger partial charge on any atom is 0.573 e. The first-order valence-corrected chi connectivity index (χ1v) is 14.9. The zero-order chi connectivity index (χ0) is 32.3. The monoisotopic (exact) mass is 632 g/mol. The second-order valence-electron chi connectivity index (χ2n) is 10.7. The molecular formula is C33H31F3N6O2S. The first-order chi connectivity index (χ1) is 21.4. The highest BCUT2D eigenvalue weighted by molar-refractivity contribution is 7.07. The lowest BCUT2D eigenvalue weighted by atomic mass is 9.99. The van der Waals surface area contributed by atoms with Gasteiger partial charge < -0.3 is 10.1 Å². The molecule has 0 spiro atoms. The summed E-state index contributed by atoms with van der Waals surface area (Å²) < 4.78 is 44.7. The third kappa shape index (κ3) is 7.58. The predicted molar refractivity (Wildman–Crippen MR) is 168 cm³/mol. The molecule has 3 aromatic carbocycles. The zero-order valence-corrected chi connectivity index (χ0v) is 26.1. The van der Waals surface area contributed by atoms with Crippen LogP contribution < -0.4 is 14.9 Å². The van der Waals surface area contributed by atoms with Crippen LogP contribution in [0, 0.1) is 13.8 Å². The van der Waals surface area contributed by atoms with E-state index in [-0.39, 0.29) is 5.75 Å². The van der Waals surface area contributed by atoms with Crippen molar-refractivity contribution in [1.29, 1.82) is 0 Å². The van der Waals surface area contributed by atoms with E-state index in [1.165, 1.54) is 52.2 Å². The van der Waals surface area contributed by atoms with Crippen LogP contribution in [0.4, 0.5) is 18.0 Å². The maximum atomic E-state index is 12.9. The van der Waals surface area contributed by atoms with E-state index in [1.807, 2.05) is 55.0 Å². The molecule has 0 bridgehead atoms. The molecule has 0 aliphatic carbocycles. The molecule has 2 heterocycles. The SMILES string of the molecule is C/C(=C\NC(=O)/N=c1\scc(C)n1-c1cc(C)ccc1C(C)C)c1ccc(-c2ncn(-c3ccc(OC(F)(F)F)cc3)n2)cc1. The van der Waals surface area contributed by atoms with Crippen LogP contribution in [0.5, 0.6) is 5.75 Å². The summed E-state index contributed by atoms with van der Waals surface area (Å²) in [6.07, 6.45) is -1.65. The fourth-order valence-corrected chi connectivity index (χ4v) is 5.54. The van der Waals surface area contributed by atoms with Gasteiger partial charge in [0.05, 0.1) is 11.4 Å². The van der Waals surface area contributed by atoms with Crippen LogP contribution in [-0.4, -0.2) is 31.7 Å². The average Bonchev–Trinajstić information content (AvgIpc) is 3.62. The van der Waals surface area contributed by atoms with Gasteiger partial charge in [-0.2, -0.15) is 4.99 Å². The molecular weight excluding hydrogens is 601 g/mol. The lowest BCUT2D eigenvalue weighted by molar-refractivity contribution is -0.274. The van der Waals surface area contributed by atoms with Crippen LogP contribution in [0.25, 0.3) is 28.3 Å². The molecule has 45 heavy (non-hydrogen) atoms. The van der Waals surface area contributed by atoms with Gasteiger partial charge in [-0.25, -0.2) is 14.5 Å². The van der Waals surface area contributed by atoms with E-state index in [4.69, 9.17) is 0 Å². The molecule has 1 N–H and O–H groups in total. The minimum Gasteiger partial charge on any atom is -0.406 e. The number of allylic oxidation sites excluding steroid dienone is 1. The van der Waals surface area contributed by atoms with Crippen LogP contribution in [-0.2, 0) is 0 Å². The number of rotatable bonds is 7. The number of hydrogen-bond donors (Lipinski definition) is 1. The molecule has 0 saturated carbocycles. The van der Waals surface area contributed by atoms with Crippen LogP contribution >= 0.6 is 11.3 Å². The van der Waals surface area contributed by atoms with Gasteiger partial charge in [0.2, 0.25) is 0 Å². The molecule has 5 rings (SSSR count). The topological polar surface area (TPSA) is 86.3 Å². The van der Waals surface area contributed by atoms with E-state index in [2.05, 4.69) is 57.2 Å². The number of thiazole rings is 1. The minimum absolute atomic E-state index is 0.306. The number of aryl methyl sites for hydroxylation is 2. The maximum absolute atomic E-state index is 12.9. The number of carbonyl (C=O) groups is 1. The molecule has 0 aliphatic rings. The molecule has 0 radical (unpaired) electrons. The Bertz CT molecular complexity index is 1920. The number of ether oxygens (including phenoxy) is 1. The minimum atomic E-state index is -4.76. The van der Waals surface area contributed by atoms with Crippen molar-refractivity contribution in [2.24, 2.45) is 4.99 Å². The standard InChI is InChI=1S/C33H31F3N6O2S/c1-20(2)28-15-6-21(3)16-29(28)42-23(5)18-45-32(42)39-31(43)37-17-22(4)24-7-9-25(10-8-24)30-38-19-41(40-30)26-11-13-27(14-12-26)44-33(34,35)36/h6-20H,1-5H3,(H,37,43)/b22-17+,39-32-. The predicted octanol–water partition coefficient (Wildman–Crippen LogP) is 8.10. The van der Waals surface area contributed by atoms with Crippen LogP contribution in [0.15, 0.2) is 89.6 Å². The molecule has 2 aromatic heterocycles. The number of halogens is 3. The summed E-state index contributed by atoms with van der Waals surface area (Å²) in [5.74, 6) is 0.433. The van der Waals surface area contributed by atoms with E-state index in [0.717, 1.165) is 33.6 Å². The van der Waals surface area contributed by atoms with E-state index < -0.39 is 12.4 Å². The summed E-state index contributed by atoms with van der Waals surface area (Å²) in [4.78, 5) is 22.1. The quantitative estimate of drug-likeness (QED) is 0.197. The zero-order valence-electron chi connectivity index (χ0n) is 25.3. The van der Waals surface area contributed by atoms with Gasteiger partial charge in [-0.1, -0.05) is 50.2 Å². The van der Waals surface area contributed by atoms with Gasteiger partial charge >= 0.3 is 12.4 Å². The number of carbonyl (C=O) groups excluding carboxylic acids is 1. The average molecular weight is 633 g/mol. The summed E-state index contributed by atoms with van der Waals surface area (Å²) in [5.41, 5.74) is 7.30. The second kappa shape index (κ2) is 12.9. The van der Waals surface area contributed by atoms with Gasteiger partial charge in [0.1, 0.15) is 12.1 Å². The Balaban J connectivity index is 1.28. The number of hydrogen-bond acceptors (Lipinski definition) is 5. The number of urea groups is 1. The molecule has 0 fully saturated rings. The summed E-state index contributed by atoms with van der Waals surface area (Å²) in [5, 5.41) is 9.20. The highest BCUT2D eigenvalue weighted by Crippen LogP contribution is 2.26. The molecule has 8 nitrogen and oxygen atoms in total. The number of alkyl halides is 3. The van der Waals surface area contributed by atoms with Crippen molar-refractivity contribution in [3.05, 3.63) is 112 Å². The van der Waals surface area contributed by atoms with Gasteiger partial charge in [0, 0.05) is 22.8 Å². The third-order valence-corrected chi connectivity index (χ3v) is 7.91. The Morgan fingerprint density at radius 1 is 1.04 bits per heavy atom. The van der Waals surface area contributed by atoms with Crippen molar-refractivity contribution >= 4 is 22.9 Å². The van der Waals surface area contributed by atoms with Gasteiger partial charge in [0.15, 0.2) is 10.6 Å². The van der Waals surface area contributed by atoms with Crippen LogP contribution in [0.1, 0.15) is 49.1 Å². The molecule has 0 saturated heterocycles. The molecule has 232 valence electrons. The number of nitrogens with zero attached hydrogens (tertiary/aromatic N) is 5. The summed E-state index contributed by atoms with van der Waals surface area (Å²) in [7, 11) is 0. The van der Waals surface area contributed by atoms with Gasteiger partial charge in [-0.15, -0.1) is 29.6 Å². The highest BCUT2D eigenvalue weighted by atomic mass is 32.1.